The Morgan fingerprint density at radius 2 is 2.15 bits per heavy atom. The third kappa shape index (κ3) is 2.23. The van der Waals surface area contributed by atoms with E-state index in [-0.39, 0.29) is 29.1 Å². The molecule has 3 rings (SSSR count). The van der Waals surface area contributed by atoms with Crippen LogP contribution in [0.1, 0.15) is 20.1 Å². The van der Waals surface area contributed by atoms with E-state index >= 15 is 0 Å². The molecule has 8 heteroatoms. The van der Waals surface area contributed by atoms with Gasteiger partial charge < -0.3 is 19.3 Å². The van der Waals surface area contributed by atoms with Gasteiger partial charge in [0.15, 0.2) is 16.8 Å². The first-order chi connectivity index (χ1) is 9.41. The van der Waals surface area contributed by atoms with Gasteiger partial charge in [-0.2, -0.15) is 0 Å². The highest BCUT2D eigenvalue weighted by atomic mass is 32.1. The average molecular weight is 300 g/mol. The fourth-order valence-corrected chi connectivity index (χ4v) is 2.92. The zero-order valence-corrected chi connectivity index (χ0v) is 11.9. The number of aliphatic hydroxyl groups excluding tert-OH is 1. The van der Waals surface area contributed by atoms with Crippen LogP contribution >= 0.6 is 12.2 Å². The van der Waals surface area contributed by atoms with Crippen LogP contribution in [0.3, 0.4) is 0 Å². The summed E-state index contributed by atoms with van der Waals surface area (Å²) < 4.78 is 19.2. The minimum absolute atomic E-state index is 0.173. The summed E-state index contributed by atoms with van der Waals surface area (Å²) in [6, 6.07) is 1.36. The minimum atomic E-state index is -0.741. The molecule has 0 saturated carbocycles. The second-order valence-corrected chi connectivity index (χ2v) is 5.72. The lowest BCUT2D eigenvalue weighted by Crippen LogP contribution is -2.31. The zero-order chi connectivity index (χ0) is 14.5. The maximum Gasteiger partial charge on any atom is 0.251 e. The van der Waals surface area contributed by atoms with E-state index in [9.17, 15) is 9.90 Å². The van der Waals surface area contributed by atoms with Gasteiger partial charge in [-0.3, -0.25) is 14.3 Å². The topological polar surface area (TPSA) is 85.7 Å². The predicted molar refractivity (Wildman–Crippen MR) is 70.7 cm³/mol. The maximum atomic E-state index is 11.2. The predicted octanol–water partition coefficient (Wildman–Crippen LogP) is 0.316. The Kier molecular flexibility index (Phi) is 3.30. The lowest BCUT2D eigenvalue weighted by Gasteiger charge is -2.24. The molecule has 1 aromatic heterocycles. The molecule has 2 N–H and O–H groups in total. The highest BCUT2D eigenvalue weighted by molar-refractivity contribution is 7.71. The van der Waals surface area contributed by atoms with Gasteiger partial charge in [-0.15, -0.1) is 0 Å². The van der Waals surface area contributed by atoms with Crippen molar-refractivity contribution in [3.8, 4) is 0 Å². The van der Waals surface area contributed by atoms with Crippen molar-refractivity contribution < 1.29 is 19.3 Å². The van der Waals surface area contributed by atoms with Gasteiger partial charge in [-0.1, -0.05) is 0 Å². The molecule has 0 aliphatic carbocycles. The standard InChI is InChI=1S/C12H16N2O5S/c1-12(2)18-8-6(5-15)17-10(9(8)19-12)14-4-3-7(16)13-11(14)20/h3-4,6,8-10,15H,5H2,1-2H3,(H,13,16,20)/t6-,8+,9-,10-/m0/s1. The van der Waals surface area contributed by atoms with Gasteiger partial charge in [-0.05, 0) is 26.1 Å². The molecule has 3 heterocycles. The number of fused-ring (bicyclic) bond motifs is 1. The molecular weight excluding hydrogens is 284 g/mol. The summed E-state index contributed by atoms with van der Waals surface area (Å²) in [6.07, 6.45) is -0.227. The normalized spacial score (nSPS) is 35.1. The smallest absolute Gasteiger partial charge is 0.251 e. The molecule has 4 atom stereocenters. The SMILES string of the molecule is CC1(C)O[C@H]2[C@H](O1)[C@@H](n1ccc(=O)[nH]c1=S)O[C@H]2CO. The van der Waals surface area contributed by atoms with Crippen LogP contribution in [-0.2, 0) is 14.2 Å². The number of H-pyrrole nitrogens is 1. The summed E-state index contributed by atoms with van der Waals surface area (Å²) in [5.74, 6) is -0.741. The van der Waals surface area contributed by atoms with Gasteiger partial charge in [0.1, 0.15) is 18.3 Å². The molecular formula is C12H16N2O5S. The molecule has 2 saturated heterocycles. The number of aromatic amines is 1. The Labute approximate surface area is 120 Å². The largest absolute Gasteiger partial charge is 0.394 e. The third-order valence-electron chi connectivity index (χ3n) is 3.43. The van der Waals surface area contributed by atoms with Crippen LogP contribution in [0.2, 0.25) is 0 Å². The van der Waals surface area contributed by atoms with E-state index in [4.69, 9.17) is 26.4 Å². The number of hydrogen-bond donors (Lipinski definition) is 2. The van der Waals surface area contributed by atoms with Crippen molar-refractivity contribution in [2.75, 3.05) is 6.61 Å². The Bertz CT molecular complexity index is 625. The first-order valence-corrected chi connectivity index (χ1v) is 6.75. The molecule has 7 nitrogen and oxygen atoms in total. The van der Waals surface area contributed by atoms with E-state index < -0.39 is 18.1 Å². The van der Waals surface area contributed by atoms with Crippen molar-refractivity contribution in [2.24, 2.45) is 0 Å². The lowest BCUT2D eigenvalue weighted by molar-refractivity contribution is -0.200. The number of nitrogens with one attached hydrogen (secondary N) is 1. The Morgan fingerprint density at radius 3 is 2.80 bits per heavy atom. The summed E-state index contributed by atoms with van der Waals surface area (Å²) in [5, 5.41) is 9.41. The maximum absolute atomic E-state index is 11.2. The van der Waals surface area contributed by atoms with Crippen molar-refractivity contribution in [3.63, 3.8) is 0 Å². The van der Waals surface area contributed by atoms with E-state index in [2.05, 4.69) is 4.98 Å². The number of hydrogen-bond acceptors (Lipinski definition) is 6. The van der Waals surface area contributed by atoms with Gasteiger partial charge in [-0.25, -0.2) is 0 Å². The van der Waals surface area contributed by atoms with E-state index in [0.717, 1.165) is 0 Å². The van der Waals surface area contributed by atoms with E-state index in [0.29, 0.717) is 0 Å². The second kappa shape index (κ2) is 4.74. The van der Waals surface area contributed by atoms with E-state index in [1.54, 1.807) is 10.8 Å². The molecule has 0 amide bonds. The Morgan fingerprint density at radius 1 is 1.45 bits per heavy atom. The first-order valence-electron chi connectivity index (χ1n) is 6.35. The molecule has 110 valence electrons. The Hall–Kier alpha value is -1.06. The lowest BCUT2D eigenvalue weighted by atomic mass is 10.1. The first kappa shape index (κ1) is 13.9. The number of nitrogens with zero attached hydrogens (tertiary/aromatic N) is 1. The van der Waals surface area contributed by atoms with E-state index in [1.165, 1.54) is 6.07 Å². The van der Waals surface area contributed by atoms with Crippen LogP contribution in [0.5, 0.6) is 0 Å². The van der Waals surface area contributed by atoms with E-state index in [1.807, 2.05) is 13.8 Å². The summed E-state index contributed by atoms with van der Waals surface area (Å²) in [4.78, 5) is 13.8. The Balaban J connectivity index is 1.98. The van der Waals surface area contributed by atoms with Crippen molar-refractivity contribution in [1.82, 2.24) is 9.55 Å². The second-order valence-electron chi connectivity index (χ2n) is 5.33. The number of aromatic nitrogens is 2. The van der Waals surface area contributed by atoms with Crippen molar-refractivity contribution in [3.05, 3.63) is 27.4 Å². The van der Waals surface area contributed by atoms with Crippen molar-refractivity contribution in [2.45, 2.75) is 44.2 Å². The van der Waals surface area contributed by atoms with Crippen LogP contribution in [0, 0.1) is 4.77 Å². The molecule has 0 aromatic carbocycles. The van der Waals surface area contributed by atoms with Crippen LogP contribution in [0.25, 0.3) is 0 Å². The summed E-state index contributed by atoms with van der Waals surface area (Å²) in [5.41, 5.74) is -0.275. The van der Waals surface area contributed by atoms with Gasteiger partial charge in [0, 0.05) is 12.3 Å². The number of ether oxygens (including phenoxy) is 3. The van der Waals surface area contributed by atoms with Crippen molar-refractivity contribution in [1.29, 1.82) is 0 Å². The zero-order valence-electron chi connectivity index (χ0n) is 11.1. The van der Waals surface area contributed by atoms with Crippen LogP contribution in [-0.4, -0.2) is 45.4 Å². The number of aliphatic hydroxyl groups is 1. The molecule has 0 spiro atoms. The van der Waals surface area contributed by atoms with Gasteiger partial charge in [0.05, 0.1) is 6.61 Å². The van der Waals surface area contributed by atoms with Crippen LogP contribution in [0.15, 0.2) is 17.1 Å². The van der Waals surface area contributed by atoms with Crippen molar-refractivity contribution >= 4 is 12.2 Å². The fraction of sp³-hybridized carbons (Fsp3) is 0.667. The molecule has 0 bridgehead atoms. The summed E-state index contributed by atoms with van der Waals surface area (Å²) >= 11 is 5.14. The summed E-state index contributed by atoms with van der Waals surface area (Å²) in [6.45, 7) is 3.44. The monoisotopic (exact) mass is 300 g/mol. The molecule has 0 radical (unpaired) electrons. The molecule has 2 fully saturated rings. The third-order valence-corrected chi connectivity index (χ3v) is 3.74. The van der Waals surface area contributed by atoms with Crippen LogP contribution < -0.4 is 5.56 Å². The van der Waals surface area contributed by atoms with Gasteiger partial charge in [0.2, 0.25) is 0 Å². The fourth-order valence-electron chi connectivity index (χ4n) is 2.66. The van der Waals surface area contributed by atoms with Gasteiger partial charge in [0.25, 0.3) is 5.56 Å². The van der Waals surface area contributed by atoms with Crippen LogP contribution in [0.4, 0.5) is 0 Å². The highest BCUT2D eigenvalue weighted by Crippen LogP contribution is 2.42. The number of rotatable bonds is 2. The summed E-state index contributed by atoms with van der Waals surface area (Å²) in [7, 11) is 0. The molecule has 2 aliphatic heterocycles. The average Bonchev–Trinajstić information content (AvgIpc) is 2.83. The molecule has 1 aromatic rings. The molecule has 2 aliphatic rings. The molecule has 20 heavy (non-hydrogen) atoms. The molecule has 0 unspecified atom stereocenters. The quantitative estimate of drug-likeness (QED) is 0.765. The van der Waals surface area contributed by atoms with Gasteiger partial charge >= 0.3 is 0 Å². The highest BCUT2D eigenvalue weighted by Gasteiger charge is 2.55. The minimum Gasteiger partial charge on any atom is -0.394 e.